The SMILES string of the molecule is CC(C)(C)[C@H](NC(=O)/C=C/c1ccc(Cl)s1)C(=O)O. The van der Waals surface area contributed by atoms with E-state index in [4.69, 9.17) is 16.7 Å². The molecule has 0 aliphatic carbocycles. The number of amides is 1. The molecule has 4 nitrogen and oxygen atoms in total. The van der Waals surface area contributed by atoms with E-state index >= 15 is 0 Å². The van der Waals surface area contributed by atoms with Crippen LogP contribution in [0, 0.1) is 5.41 Å². The Morgan fingerprint density at radius 1 is 1.42 bits per heavy atom. The molecule has 6 heteroatoms. The topological polar surface area (TPSA) is 66.4 Å². The van der Waals surface area contributed by atoms with E-state index in [0.717, 1.165) is 4.88 Å². The zero-order chi connectivity index (χ0) is 14.6. The number of nitrogens with one attached hydrogen (secondary N) is 1. The third-order valence-corrected chi connectivity index (χ3v) is 3.59. The molecule has 1 rings (SSSR count). The predicted molar refractivity (Wildman–Crippen MR) is 77.4 cm³/mol. The van der Waals surface area contributed by atoms with Crippen LogP contribution in [0.15, 0.2) is 18.2 Å². The fourth-order valence-electron chi connectivity index (χ4n) is 1.41. The lowest BCUT2D eigenvalue weighted by Crippen LogP contribution is -2.48. The van der Waals surface area contributed by atoms with Crippen molar-refractivity contribution >= 4 is 40.9 Å². The Hall–Kier alpha value is -1.33. The largest absolute Gasteiger partial charge is 0.480 e. The molecule has 0 aromatic carbocycles. The van der Waals surface area contributed by atoms with Gasteiger partial charge in [0.2, 0.25) is 5.91 Å². The van der Waals surface area contributed by atoms with Crippen LogP contribution in [0.4, 0.5) is 0 Å². The van der Waals surface area contributed by atoms with Gasteiger partial charge in [-0.3, -0.25) is 4.79 Å². The number of hydrogen-bond acceptors (Lipinski definition) is 3. The number of carboxylic acids is 1. The Labute approximate surface area is 121 Å². The van der Waals surface area contributed by atoms with Gasteiger partial charge in [-0.25, -0.2) is 4.79 Å². The molecule has 1 heterocycles. The second kappa shape index (κ2) is 6.21. The van der Waals surface area contributed by atoms with E-state index in [1.165, 1.54) is 17.4 Å². The highest BCUT2D eigenvalue weighted by atomic mass is 35.5. The molecule has 2 N–H and O–H groups in total. The zero-order valence-electron chi connectivity index (χ0n) is 10.9. The smallest absolute Gasteiger partial charge is 0.326 e. The Balaban J connectivity index is 2.68. The van der Waals surface area contributed by atoms with Crippen LogP contribution < -0.4 is 5.32 Å². The average Bonchev–Trinajstić information content (AvgIpc) is 2.67. The maximum Gasteiger partial charge on any atom is 0.326 e. The lowest BCUT2D eigenvalue weighted by Gasteiger charge is -2.27. The molecule has 1 aromatic rings. The maximum absolute atomic E-state index is 11.7. The molecule has 0 saturated carbocycles. The first-order valence-corrected chi connectivity index (χ1v) is 6.86. The van der Waals surface area contributed by atoms with E-state index in [0.29, 0.717) is 4.34 Å². The minimum atomic E-state index is -1.05. The van der Waals surface area contributed by atoms with Gasteiger partial charge in [0.15, 0.2) is 0 Å². The van der Waals surface area contributed by atoms with Gasteiger partial charge in [0.25, 0.3) is 0 Å². The molecule has 0 fully saturated rings. The molecular weight excluding hydrogens is 286 g/mol. The molecule has 0 radical (unpaired) electrons. The molecule has 104 valence electrons. The first-order valence-electron chi connectivity index (χ1n) is 5.67. The Kier molecular flexibility index (Phi) is 5.14. The van der Waals surface area contributed by atoms with E-state index in [-0.39, 0.29) is 0 Å². The number of carbonyl (C=O) groups is 2. The van der Waals surface area contributed by atoms with Crippen LogP contribution in [-0.4, -0.2) is 23.0 Å². The number of carboxylic acid groups (broad SMARTS) is 1. The van der Waals surface area contributed by atoms with Crippen molar-refractivity contribution in [2.24, 2.45) is 5.41 Å². The highest BCUT2D eigenvalue weighted by molar-refractivity contribution is 7.17. The van der Waals surface area contributed by atoms with E-state index in [1.54, 1.807) is 39.0 Å². The van der Waals surface area contributed by atoms with Gasteiger partial charge in [-0.2, -0.15) is 0 Å². The van der Waals surface area contributed by atoms with Gasteiger partial charge >= 0.3 is 5.97 Å². The van der Waals surface area contributed by atoms with Gasteiger partial charge < -0.3 is 10.4 Å². The number of thiophene rings is 1. The minimum absolute atomic E-state index is 0.438. The summed E-state index contributed by atoms with van der Waals surface area (Å²) in [5, 5.41) is 11.6. The second-order valence-electron chi connectivity index (χ2n) is 5.12. The van der Waals surface area contributed by atoms with E-state index in [9.17, 15) is 9.59 Å². The summed E-state index contributed by atoms with van der Waals surface area (Å²) in [5.41, 5.74) is -0.554. The van der Waals surface area contributed by atoms with Crippen molar-refractivity contribution in [1.82, 2.24) is 5.32 Å². The van der Waals surface area contributed by atoms with Crippen LogP contribution in [-0.2, 0) is 9.59 Å². The first-order chi connectivity index (χ1) is 8.70. The third kappa shape index (κ3) is 5.04. The van der Waals surface area contributed by atoms with Crippen molar-refractivity contribution in [2.75, 3.05) is 0 Å². The van der Waals surface area contributed by atoms with Crippen molar-refractivity contribution in [1.29, 1.82) is 0 Å². The fraction of sp³-hybridized carbons (Fsp3) is 0.385. The summed E-state index contributed by atoms with van der Waals surface area (Å²) < 4.78 is 0.637. The monoisotopic (exact) mass is 301 g/mol. The van der Waals surface area contributed by atoms with E-state index in [1.807, 2.05) is 0 Å². The van der Waals surface area contributed by atoms with Crippen LogP contribution in [0.1, 0.15) is 25.6 Å². The molecule has 0 spiro atoms. The van der Waals surface area contributed by atoms with Crippen molar-refractivity contribution in [3.63, 3.8) is 0 Å². The molecule has 0 saturated heterocycles. The average molecular weight is 302 g/mol. The number of halogens is 1. The second-order valence-corrected chi connectivity index (χ2v) is 6.87. The van der Waals surface area contributed by atoms with E-state index in [2.05, 4.69) is 5.32 Å². The first kappa shape index (κ1) is 15.7. The molecule has 0 bridgehead atoms. The summed E-state index contributed by atoms with van der Waals surface area (Å²) in [6.07, 6.45) is 2.91. The third-order valence-electron chi connectivity index (χ3n) is 2.39. The fourth-order valence-corrected chi connectivity index (χ4v) is 2.38. The van der Waals surface area contributed by atoms with Crippen molar-refractivity contribution in [2.45, 2.75) is 26.8 Å². The number of hydrogen-bond donors (Lipinski definition) is 2. The minimum Gasteiger partial charge on any atom is -0.480 e. The Morgan fingerprint density at radius 3 is 2.47 bits per heavy atom. The van der Waals surface area contributed by atoms with Gasteiger partial charge in [0.05, 0.1) is 4.34 Å². The van der Waals surface area contributed by atoms with Crippen LogP contribution >= 0.6 is 22.9 Å². The normalized spacial score (nSPS) is 13.5. The van der Waals surface area contributed by atoms with Crippen LogP contribution in [0.5, 0.6) is 0 Å². The van der Waals surface area contributed by atoms with Gasteiger partial charge in [-0.1, -0.05) is 32.4 Å². The standard InChI is InChI=1S/C13H16ClNO3S/c1-13(2,3)11(12(17)18)15-10(16)7-5-8-4-6-9(14)19-8/h4-7,11H,1-3H3,(H,15,16)(H,17,18)/b7-5+/t11-/m1/s1. The summed E-state index contributed by atoms with van der Waals surface area (Å²) in [6, 6.07) is 2.59. The van der Waals surface area contributed by atoms with E-state index < -0.39 is 23.3 Å². The quantitative estimate of drug-likeness (QED) is 0.840. The Bertz CT molecular complexity index is 502. The number of rotatable bonds is 4. The molecule has 0 aliphatic heterocycles. The van der Waals surface area contributed by atoms with Crippen molar-refractivity contribution in [3.8, 4) is 0 Å². The number of aliphatic carboxylic acids is 1. The zero-order valence-corrected chi connectivity index (χ0v) is 12.5. The van der Waals surface area contributed by atoms with Gasteiger partial charge in [0.1, 0.15) is 6.04 Å². The summed E-state index contributed by atoms with van der Waals surface area (Å²) in [7, 11) is 0. The molecule has 0 aliphatic rings. The molecule has 1 amide bonds. The van der Waals surface area contributed by atoms with Gasteiger partial charge in [0, 0.05) is 11.0 Å². The highest BCUT2D eigenvalue weighted by Crippen LogP contribution is 2.22. The predicted octanol–water partition coefficient (Wildman–Crippen LogP) is 3.03. The van der Waals surface area contributed by atoms with Gasteiger partial charge in [-0.05, 0) is 23.6 Å². The highest BCUT2D eigenvalue weighted by Gasteiger charge is 2.31. The Morgan fingerprint density at radius 2 is 2.05 bits per heavy atom. The molecule has 1 atom stereocenters. The summed E-state index contributed by atoms with van der Waals surface area (Å²) in [4.78, 5) is 23.6. The van der Waals surface area contributed by atoms with Crippen LogP contribution in [0.2, 0.25) is 4.34 Å². The summed E-state index contributed by atoms with van der Waals surface area (Å²) in [6.45, 7) is 5.28. The van der Waals surface area contributed by atoms with Crippen molar-refractivity contribution < 1.29 is 14.7 Å². The summed E-state index contributed by atoms with van der Waals surface area (Å²) >= 11 is 7.11. The molecule has 19 heavy (non-hydrogen) atoms. The maximum atomic E-state index is 11.7. The molecule has 1 aromatic heterocycles. The molecular formula is C13H16ClNO3S. The molecule has 0 unspecified atom stereocenters. The van der Waals surface area contributed by atoms with Crippen molar-refractivity contribution in [3.05, 3.63) is 27.4 Å². The number of carbonyl (C=O) groups excluding carboxylic acids is 1. The summed E-state index contributed by atoms with van der Waals surface area (Å²) in [5.74, 6) is -1.49. The van der Waals surface area contributed by atoms with Crippen LogP contribution in [0.3, 0.4) is 0 Å². The lowest BCUT2D eigenvalue weighted by atomic mass is 9.87. The lowest BCUT2D eigenvalue weighted by molar-refractivity contribution is -0.144. The van der Waals surface area contributed by atoms with Crippen LogP contribution in [0.25, 0.3) is 6.08 Å². The van der Waals surface area contributed by atoms with Gasteiger partial charge in [-0.15, -0.1) is 11.3 Å².